The summed E-state index contributed by atoms with van der Waals surface area (Å²) in [5.74, 6) is 0. The van der Waals surface area contributed by atoms with Crippen LogP contribution >= 0.6 is 0 Å². The van der Waals surface area contributed by atoms with E-state index in [0.29, 0.717) is 0 Å². The molecular formula is C77H54N2. The van der Waals surface area contributed by atoms with Crippen LogP contribution in [0.15, 0.2) is 273 Å². The first-order valence-electron chi connectivity index (χ1n) is 27.7. The summed E-state index contributed by atoms with van der Waals surface area (Å²) in [5, 5.41) is 10.3. The Kier molecular flexibility index (Phi) is 9.85. The largest absolute Gasteiger partial charge is 0.310 e. The van der Waals surface area contributed by atoms with Crippen LogP contribution in [0.25, 0.3) is 93.2 Å². The summed E-state index contributed by atoms with van der Waals surface area (Å²) >= 11 is 0. The highest BCUT2D eigenvalue weighted by Gasteiger charge is 2.50. The van der Waals surface area contributed by atoms with Crippen LogP contribution < -0.4 is 4.90 Å². The van der Waals surface area contributed by atoms with E-state index < -0.39 is 5.41 Å². The Hall–Kier alpha value is -9.76. The smallest absolute Gasteiger partial charge is 0.0714 e. The molecule has 0 saturated heterocycles. The van der Waals surface area contributed by atoms with Crippen molar-refractivity contribution in [1.29, 1.82) is 0 Å². The van der Waals surface area contributed by atoms with Crippen molar-refractivity contribution in [3.8, 4) is 39.1 Å². The van der Waals surface area contributed by atoms with Crippen LogP contribution in [0.4, 0.5) is 17.1 Å². The minimum Gasteiger partial charge on any atom is -0.310 e. The Labute approximate surface area is 460 Å². The van der Waals surface area contributed by atoms with Gasteiger partial charge in [0.1, 0.15) is 0 Å². The molecule has 1 heterocycles. The molecule has 2 nitrogen and oxygen atoms in total. The molecule has 0 atom stereocenters. The number of nitrogens with zero attached hydrogens (tertiary/aromatic N) is 2. The van der Waals surface area contributed by atoms with Crippen molar-refractivity contribution in [3.05, 3.63) is 312 Å². The highest BCUT2D eigenvalue weighted by atomic mass is 15.1. The maximum absolute atomic E-state index is 2.57. The zero-order valence-electron chi connectivity index (χ0n) is 44.4. The molecule has 0 saturated carbocycles. The van der Waals surface area contributed by atoms with Gasteiger partial charge < -0.3 is 9.47 Å². The third kappa shape index (κ3) is 6.52. The highest BCUT2D eigenvalue weighted by Crippen LogP contribution is 2.63. The van der Waals surface area contributed by atoms with Crippen molar-refractivity contribution >= 4 is 71.2 Å². The number of fused-ring (bicyclic) bond motifs is 10. The topological polar surface area (TPSA) is 8.17 Å². The molecule has 0 N–H and O–H groups in total. The number of anilines is 3. The average molecular weight is 1010 g/mol. The van der Waals surface area contributed by atoms with E-state index >= 15 is 0 Å². The summed E-state index contributed by atoms with van der Waals surface area (Å²) < 4.78 is 2.56. The van der Waals surface area contributed by atoms with E-state index in [4.69, 9.17) is 0 Å². The SMILES string of the molecule is Cc1ccc(-c2cccc(-c3cccc(N(c4ccc(-n5c6cccc7c6c6c(c8c(cc65)C(c5ccccc5)(c5ccccc5)c5ccccc5-8)C7(C)C)cc4)c4ccc5c6ccccc6c6ccccc6c5c4)c3)c2)cc1. The van der Waals surface area contributed by atoms with Crippen molar-refractivity contribution in [2.45, 2.75) is 31.6 Å². The number of benzene rings is 13. The second-order valence-corrected chi connectivity index (χ2v) is 22.4. The second-order valence-electron chi connectivity index (χ2n) is 22.4. The lowest BCUT2D eigenvalue weighted by molar-refractivity contribution is 0.662. The highest BCUT2D eigenvalue weighted by molar-refractivity contribution is 6.26. The van der Waals surface area contributed by atoms with Gasteiger partial charge in [0.2, 0.25) is 0 Å². The zero-order chi connectivity index (χ0) is 52.6. The van der Waals surface area contributed by atoms with Gasteiger partial charge in [-0.1, -0.05) is 226 Å². The molecule has 1 aromatic heterocycles. The van der Waals surface area contributed by atoms with E-state index in [1.807, 2.05) is 0 Å². The Morgan fingerprint density at radius 2 is 0.873 bits per heavy atom. The van der Waals surface area contributed by atoms with Gasteiger partial charge in [0, 0.05) is 38.9 Å². The van der Waals surface area contributed by atoms with Crippen LogP contribution in [0.1, 0.15) is 52.8 Å². The Balaban J connectivity index is 0.911. The van der Waals surface area contributed by atoms with Crippen LogP contribution in [0.2, 0.25) is 0 Å². The number of rotatable bonds is 8. The Morgan fingerprint density at radius 3 is 1.56 bits per heavy atom. The standard InChI is InChI=1S/C77H54N2/c1-49-35-37-50(38-36-49)51-19-16-20-52(45-51)53-21-17-26-58(46-53)78(59-43-44-64-62-29-11-10-27-60(62)61-28-12-13-30-63(61)66(64)47-59)56-39-41-57(42-40-56)79-70-34-18-33-68-73(70)74-71(79)48-69-72(75(74)76(68,2)3)65-31-14-15-32-67(65)77(69,54-22-6-4-7-23-54)55-24-8-5-9-25-55/h4-48H,1-3H3. The summed E-state index contributed by atoms with van der Waals surface area (Å²) in [6.45, 7) is 7.04. The first-order valence-corrected chi connectivity index (χ1v) is 27.7. The van der Waals surface area contributed by atoms with Gasteiger partial charge in [-0.05, 0) is 173 Å². The van der Waals surface area contributed by atoms with Gasteiger partial charge >= 0.3 is 0 Å². The first-order chi connectivity index (χ1) is 38.9. The predicted octanol–water partition coefficient (Wildman–Crippen LogP) is 20.4. The number of aromatic nitrogens is 1. The Bertz CT molecular complexity index is 4720. The molecule has 0 fully saturated rings. The van der Waals surface area contributed by atoms with Crippen LogP contribution in [0, 0.1) is 6.92 Å². The maximum atomic E-state index is 2.57. The molecule has 0 bridgehead atoms. The summed E-state index contributed by atoms with van der Waals surface area (Å²) in [6.07, 6.45) is 0. The van der Waals surface area contributed by atoms with Crippen molar-refractivity contribution in [1.82, 2.24) is 4.57 Å². The lowest BCUT2D eigenvalue weighted by atomic mass is 9.67. The fourth-order valence-electron chi connectivity index (χ4n) is 14.4. The molecule has 372 valence electrons. The third-order valence-electron chi connectivity index (χ3n) is 17.8. The molecule has 0 radical (unpaired) electrons. The molecule has 0 unspecified atom stereocenters. The lowest BCUT2D eigenvalue weighted by Gasteiger charge is -2.34. The predicted molar refractivity (Wildman–Crippen MR) is 333 cm³/mol. The summed E-state index contributed by atoms with van der Waals surface area (Å²) in [5.41, 5.74) is 22.9. The molecule has 14 aromatic rings. The van der Waals surface area contributed by atoms with E-state index in [2.05, 4.69) is 303 Å². The molecule has 0 spiro atoms. The van der Waals surface area contributed by atoms with Gasteiger partial charge in [-0.15, -0.1) is 0 Å². The number of hydrogen-bond donors (Lipinski definition) is 0. The van der Waals surface area contributed by atoms with Gasteiger partial charge in [-0.25, -0.2) is 0 Å². The van der Waals surface area contributed by atoms with E-state index in [-0.39, 0.29) is 5.41 Å². The molecule has 79 heavy (non-hydrogen) atoms. The molecule has 2 aliphatic carbocycles. The van der Waals surface area contributed by atoms with Gasteiger partial charge in [0.05, 0.1) is 16.4 Å². The van der Waals surface area contributed by atoms with Crippen LogP contribution in [-0.2, 0) is 10.8 Å². The monoisotopic (exact) mass is 1010 g/mol. The van der Waals surface area contributed by atoms with Crippen LogP contribution in [-0.4, -0.2) is 4.57 Å². The van der Waals surface area contributed by atoms with Crippen molar-refractivity contribution < 1.29 is 0 Å². The molecule has 0 amide bonds. The second kappa shape index (κ2) is 17.1. The minimum atomic E-state index is -0.532. The molecule has 2 aliphatic rings. The van der Waals surface area contributed by atoms with Gasteiger partial charge in [0.15, 0.2) is 0 Å². The van der Waals surface area contributed by atoms with Crippen LogP contribution in [0.5, 0.6) is 0 Å². The van der Waals surface area contributed by atoms with E-state index in [0.717, 1.165) is 28.3 Å². The van der Waals surface area contributed by atoms with Gasteiger partial charge in [-0.3, -0.25) is 0 Å². The van der Waals surface area contributed by atoms with Crippen molar-refractivity contribution in [2.24, 2.45) is 0 Å². The van der Waals surface area contributed by atoms with E-state index in [1.165, 1.54) is 121 Å². The molecule has 0 aliphatic heterocycles. The average Bonchev–Trinajstić information content (AvgIpc) is 2.81. The van der Waals surface area contributed by atoms with Crippen molar-refractivity contribution in [3.63, 3.8) is 0 Å². The molecule has 13 aromatic carbocycles. The summed E-state index contributed by atoms with van der Waals surface area (Å²) in [6, 6.07) is 102. The molecular weight excluding hydrogens is 953 g/mol. The zero-order valence-corrected chi connectivity index (χ0v) is 44.4. The fourth-order valence-corrected chi connectivity index (χ4v) is 14.4. The summed E-state index contributed by atoms with van der Waals surface area (Å²) in [4.78, 5) is 2.45. The lowest BCUT2D eigenvalue weighted by Crippen LogP contribution is -2.29. The third-order valence-corrected chi connectivity index (χ3v) is 17.8. The van der Waals surface area contributed by atoms with Gasteiger partial charge in [0.25, 0.3) is 0 Å². The van der Waals surface area contributed by atoms with Crippen molar-refractivity contribution in [2.75, 3.05) is 4.90 Å². The van der Waals surface area contributed by atoms with Gasteiger partial charge in [-0.2, -0.15) is 0 Å². The molecule has 2 heteroatoms. The fraction of sp³-hybridized carbons (Fsp3) is 0.0649. The van der Waals surface area contributed by atoms with Crippen LogP contribution in [0.3, 0.4) is 0 Å². The quantitative estimate of drug-likeness (QED) is 0.138. The van der Waals surface area contributed by atoms with E-state index in [1.54, 1.807) is 0 Å². The van der Waals surface area contributed by atoms with E-state index in [9.17, 15) is 0 Å². The Morgan fingerprint density at radius 1 is 0.342 bits per heavy atom. The first kappa shape index (κ1) is 45.4. The molecule has 16 rings (SSSR count). The normalized spacial score (nSPS) is 13.7. The number of aryl methyl sites for hydroxylation is 1. The maximum Gasteiger partial charge on any atom is 0.0714 e. The summed E-state index contributed by atoms with van der Waals surface area (Å²) in [7, 11) is 0. The minimum absolute atomic E-state index is 0.234. The number of hydrogen-bond acceptors (Lipinski definition) is 1.